The van der Waals surface area contributed by atoms with Crippen LogP contribution in [0.3, 0.4) is 0 Å². The van der Waals surface area contributed by atoms with Gasteiger partial charge in [0, 0.05) is 5.92 Å². The molecular weight excluding hydrogens is 192 g/mol. The van der Waals surface area contributed by atoms with Gasteiger partial charge in [0.15, 0.2) is 0 Å². The van der Waals surface area contributed by atoms with Crippen LogP contribution >= 0.6 is 0 Å². The molecule has 0 heterocycles. The van der Waals surface area contributed by atoms with E-state index in [0.717, 1.165) is 23.7 Å². The van der Waals surface area contributed by atoms with Crippen LogP contribution in [0.25, 0.3) is 0 Å². The van der Waals surface area contributed by atoms with Gasteiger partial charge in [0.1, 0.15) is 0 Å². The van der Waals surface area contributed by atoms with Crippen molar-refractivity contribution in [2.75, 3.05) is 0 Å². The topological polar surface area (TPSA) is 0 Å². The van der Waals surface area contributed by atoms with Gasteiger partial charge < -0.3 is 0 Å². The zero-order valence-electron chi connectivity index (χ0n) is 10.6. The van der Waals surface area contributed by atoms with E-state index in [0.29, 0.717) is 0 Å². The van der Waals surface area contributed by atoms with Gasteiger partial charge in [-0.2, -0.15) is 0 Å². The Morgan fingerprint density at radius 3 is 2.38 bits per heavy atom. The molecule has 1 unspecified atom stereocenters. The molecule has 2 fully saturated rings. The molecule has 0 aromatic heterocycles. The van der Waals surface area contributed by atoms with Gasteiger partial charge in [-0.3, -0.25) is 0 Å². The lowest BCUT2D eigenvalue weighted by atomic mass is 9.85. The highest BCUT2D eigenvalue weighted by Gasteiger charge is 2.45. The standard InChI is InChI=1S/C16H22/c1-9(11-3-4-11)15(12-5-6-12)14-8-7-13-10(2)16(13)14/h9-12H,3-8H2,1-2H3/b15-14+/t9?,10-/m0/s1. The highest BCUT2D eigenvalue weighted by molar-refractivity contribution is 5.60. The molecule has 0 aliphatic heterocycles. The van der Waals surface area contributed by atoms with E-state index in [9.17, 15) is 0 Å². The second kappa shape index (κ2) is 3.03. The molecule has 0 amide bonds. The predicted octanol–water partition coefficient (Wildman–Crippen LogP) is 4.48. The lowest BCUT2D eigenvalue weighted by molar-refractivity contribution is 0.551. The van der Waals surface area contributed by atoms with Crippen LogP contribution in [0, 0.1) is 23.7 Å². The van der Waals surface area contributed by atoms with Crippen molar-refractivity contribution in [2.24, 2.45) is 23.7 Å². The molecule has 4 aliphatic carbocycles. The van der Waals surface area contributed by atoms with E-state index in [1.54, 1.807) is 0 Å². The van der Waals surface area contributed by atoms with Crippen LogP contribution in [0.1, 0.15) is 52.4 Å². The van der Waals surface area contributed by atoms with Crippen molar-refractivity contribution < 1.29 is 0 Å². The van der Waals surface area contributed by atoms with Crippen LogP contribution in [-0.4, -0.2) is 0 Å². The van der Waals surface area contributed by atoms with Gasteiger partial charge in [-0.05, 0) is 67.4 Å². The van der Waals surface area contributed by atoms with E-state index in [2.05, 4.69) is 13.8 Å². The van der Waals surface area contributed by atoms with Crippen molar-refractivity contribution in [3.63, 3.8) is 0 Å². The second-order valence-corrected chi connectivity index (χ2v) is 6.49. The van der Waals surface area contributed by atoms with Gasteiger partial charge in [-0.1, -0.05) is 25.0 Å². The second-order valence-electron chi connectivity index (χ2n) is 6.49. The first-order chi connectivity index (χ1) is 7.77. The predicted molar refractivity (Wildman–Crippen MR) is 67.1 cm³/mol. The lowest BCUT2D eigenvalue weighted by Crippen LogP contribution is -2.08. The van der Waals surface area contributed by atoms with Crippen molar-refractivity contribution in [1.29, 1.82) is 0 Å². The largest absolute Gasteiger partial charge is 0.0605 e. The van der Waals surface area contributed by atoms with E-state index in [1.807, 2.05) is 22.3 Å². The van der Waals surface area contributed by atoms with Crippen LogP contribution in [0.4, 0.5) is 0 Å². The Morgan fingerprint density at radius 2 is 1.88 bits per heavy atom. The SMILES string of the molecule is CC(/C(=C1/CCC2=C1[C@H]2C)C1CC1)C1CC1. The summed E-state index contributed by atoms with van der Waals surface area (Å²) in [6, 6.07) is 0. The molecule has 4 aliphatic rings. The fourth-order valence-electron chi connectivity index (χ4n) is 4.03. The third-order valence-corrected chi connectivity index (χ3v) is 5.37. The fraction of sp³-hybridized carbons (Fsp3) is 0.750. The van der Waals surface area contributed by atoms with Crippen molar-refractivity contribution >= 4 is 0 Å². The molecule has 2 saturated carbocycles. The first-order valence-corrected chi connectivity index (χ1v) is 7.23. The normalized spacial score (nSPS) is 37.5. The Morgan fingerprint density at radius 1 is 1.12 bits per heavy atom. The van der Waals surface area contributed by atoms with Crippen LogP contribution in [-0.2, 0) is 0 Å². The molecule has 0 aromatic carbocycles. The Kier molecular flexibility index (Phi) is 1.80. The van der Waals surface area contributed by atoms with Crippen molar-refractivity contribution in [2.45, 2.75) is 52.4 Å². The summed E-state index contributed by atoms with van der Waals surface area (Å²) in [5.41, 5.74) is 7.41. The molecule has 2 atom stereocenters. The minimum absolute atomic E-state index is 0.879. The molecule has 16 heavy (non-hydrogen) atoms. The van der Waals surface area contributed by atoms with Gasteiger partial charge in [-0.15, -0.1) is 0 Å². The molecule has 0 saturated heterocycles. The summed E-state index contributed by atoms with van der Waals surface area (Å²) in [4.78, 5) is 0. The Labute approximate surface area is 98.8 Å². The Hall–Kier alpha value is -0.520. The van der Waals surface area contributed by atoms with Crippen molar-refractivity contribution in [3.05, 3.63) is 22.3 Å². The zero-order chi connectivity index (χ0) is 10.9. The van der Waals surface area contributed by atoms with E-state index in [-0.39, 0.29) is 0 Å². The average molecular weight is 214 g/mol. The molecular formula is C16H22. The number of allylic oxidation sites excluding steroid dienone is 4. The molecule has 0 radical (unpaired) electrons. The van der Waals surface area contributed by atoms with Crippen LogP contribution in [0.2, 0.25) is 0 Å². The number of hydrogen-bond acceptors (Lipinski definition) is 0. The third kappa shape index (κ3) is 1.28. The average Bonchev–Trinajstić information content (AvgIpc) is 3.10. The highest BCUT2D eigenvalue weighted by atomic mass is 14.5. The number of hydrogen-bond donors (Lipinski definition) is 0. The molecule has 0 N–H and O–H groups in total. The molecule has 4 rings (SSSR count). The molecule has 86 valence electrons. The lowest BCUT2D eigenvalue weighted by Gasteiger charge is -2.20. The summed E-state index contributed by atoms with van der Waals surface area (Å²) < 4.78 is 0. The third-order valence-electron chi connectivity index (χ3n) is 5.37. The summed E-state index contributed by atoms with van der Waals surface area (Å²) in [5, 5.41) is 0. The number of rotatable bonds is 3. The summed E-state index contributed by atoms with van der Waals surface area (Å²) in [6.07, 6.45) is 8.80. The maximum Gasteiger partial charge on any atom is 0.00285 e. The maximum absolute atomic E-state index is 2.52. The van der Waals surface area contributed by atoms with E-state index in [1.165, 1.54) is 38.5 Å². The minimum Gasteiger partial charge on any atom is -0.0605 e. The highest BCUT2D eigenvalue weighted by Crippen LogP contribution is 2.59. The first kappa shape index (κ1) is 9.50. The molecule has 0 heteroatoms. The van der Waals surface area contributed by atoms with Crippen LogP contribution in [0.5, 0.6) is 0 Å². The van der Waals surface area contributed by atoms with Gasteiger partial charge in [-0.25, -0.2) is 0 Å². The van der Waals surface area contributed by atoms with Gasteiger partial charge in [0.25, 0.3) is 0 Å². The van der Waals surface area contributed by atoms with Crippen molar-refractivity contribution in [1.82, 2.24) is 0 Å². The van der Waals surface area contributed by atoms with E-state index < -0.39 is 0 Å². The van der Waals surface area contributed by atoms with Gasteiger partial charge in [0.05, 0.1) is 0 Å². The molecule has 0 nitrogen and oxygen atoms in total. The molecule has 0 spiro atoms. The van der Waals surface area contributed by atoms with Crippen LogP contribution < -0.4 is 0 Å². The summed E-state index contributed by atoms with van der Waals surface area (Å²) in [5.74, 6) is 3.86. The van der Waals surface area contributed by atoms with Crippen LogP contribution in [0.15, 0.2) is 22.3 Å². The monoisotopic (exact) mass is 214 g/mol. The fourth-order valence-corrected chi connectivity index (χ4v) is 4.03. The summed E-state index contributed by atoms with van der Waals surface area (Å²) >= 11 is 0. The molecule has 0 bridgehead atoms. The van der Waals surface area contributed by atoms with Gasteiger partial charge in [0.2, 0.25) is 0 Å². The van der Waals surface area contributed by atoms with E-state index >= 15 is 0 Å². The zero-order valence-corrected chi connectivity index (χ0v) is 10.6. The Bertz CT molecular complexity index is 402. The smallest absolute Gasteiger partial charge is 0.00285 e. The minimum atomic E-state index is 0.879. The van der Waals surface area contributed by atoms with Gasteiger partial charge >= 0.3 is 0 Å². The van der Waals surface area contributed by atoms with E-state index in [4.69, 9.17) is 0 Å². The quantitative estimate of drug-likeness (QED) is 0.650. The van der Waals surface area contributed by atoms with Crippen molar-refractivity contribution in [3.8, 4) is 0 Å². The maximum atomic E-state index is 2.52. The Balaban J connectivity index is 1.70. The summed E-state index contributed by atoms with van der Waals surface area (Å²) in [7, 11) is 0. The first-order valence-electron chi connectivity index (χ1n) is 7.23. The molecule has 0 aromatic rings. The summed E-state index contributed by atoms with van der Waals surface area (Å²) in [6.45, 7) is 4.93.